The summed E-state index contributed by atoms with van der Waals surface area (Å²) in [5.74, 6) is -0.0781. The smallest absolute Gasteiger partial charge is 0.230 e. The molecule has 0 atom stereocenters. The molecule has 1 aromatic heterocycles. The summed E-state index contributed by atoms with van der Waals surface area (Å²) in [5, 5.41) is 9.73. The average Bonchev–Trinajstić information content (AvgIpc) is 2.08. The number of fused-ring (bicyclic) bond motifs is 1. The highest BCUT2D eigenvalue weighted by Crippen LogP contribution is 2.23. The van der Waals surface area contributed by atoms with Gasteiger partial charge in [0.2, 0.25) is 5.88 Å². The molecule has 2 aromatic rings. The van der Waals surface area contributed by atoms with E-state index in [1.165, 1.54) is 6.20 Å². The summed E-state index contributed by atoms with van der Waals surface area (Å²) in [7, 11) is 0. The van der Waals surface area contributed by atoms with E-state index in [9.17, 15) is 0 Å². The van der Waals surface area contributed by atoms with Gasteiger partial charge in [0, 0.05) is 3.57 Å². The van der Waals surface area contributed by atoms with E-state index in [-0.39, 0.29) is 5.88 Å². The van der Waals surface area contributed by atoms with Crippen molar-refractivity contribution in [2.45, 2.75) is 0 Å². The normalized spacial score (nSPS) is 10.6. The highest BCUT2D eigenvalue weighted by molar-refractivity contribution is 14.1. The number of hydrogen-bond acceptors (Lipinski definition) is 3. The van der Waals surface area contributed by atoms with Gasteiger partial charge in [-0.25, -0.2) is 9.97 Å². The number of hydrogen-bond donors (Lipinski definition) is 1. The highest BCUT2D eigenvalue weighted by atomic mass is 127. The van der Waals surface area contributed by atoms with Crippen LogP contribution in [0.15, 0.2) is 18.3 Å². The van der Waals surface area contributed by atoms with Crippen LogP contribution in [-0.4, -0.2) is 15.1 Å². The molecule has 0 saturated heterocycles. The molecule has 5 heteroatoms. The van der Waals surface area contributed by atoms with Gasteiger partial charge in [0.25, 0.3) is 0 Å². The molecular formula is C8H4ClIN2O. The van der Waals surface area contributed by atoms with Gasteiger partial charge in [-0.1, -0.05) is 11.6 Å². The molecule has 1 heterocycles. The molecule has 0 unspecified atom stereocenters. The first-order valence-corrected chi connectivity index (χ1v) is 4.93. The molecule has 66 valence electrons. The molecule has 0 amide bonds. The Kier molecular flexibility index (Phi) is 2.25. The van der Waals surface area contributed by atoms with Gasteiger partial charge in [0.05, 0.1) is 22.3 Å². The third-order valence-electron chi connectivity index (χ3n) is 1.57. The molecule has 1 aromatic carbocycles. The molecule has 0 aliphatic rings. The summed E-state index contributed by atoms with van der Waals surface area (Å²) < 4.78 is 0.895. The standard InChI is InChI=1S/C8H4ClIN2O/c9-4-1-6-7(2-5(4)10)12-8(13)3-11-6/h1-3H,(H,12,13). The Balaban J connectivity index is 2.81. The van der Waals surface area contributed by atoms with Gasteiger partial charge in [-0.2, -0.15) is 0 Å². The van der Waals surface area contributed by atoms with Crippen LogP contribution < -0.4 is 0 Å². The zero-order valence-corrected chi connectivity index (χ0v) is 9.24. The van der Waals surface area contributed by atoms with Crippen molar-refractivity contribution < 1.29 is 5.11 Å². The second-order valence-corrected chi connectivity index (χ2v) is 4.05. The lowest BCUT2D eigenvalue weighted by Gasteiger charge is -1.99. The van der Waals surface area contributed by atoms with Crippen LogP contribution in [0.1, 0.15) is 0 Å². The van der Waals surface area contributed by atoms with Crippen molar-refractivity contribution >= 4 is 45.2 Å². The van der Waals surface area contributed by atoms with E-state index in [1.54, 1.807) is 12.1 Å². The number of halogens is 2. The molecule has 3 nitrogen and oxygen atoms in total. The Morgan fingerprint density at radius 2 is 2.08 bits per heavy atom. The molecule has 0 spiro atoms. The van der Waals surface area contributed by atoms with E-state index in [0.717, 1.165) is 3.57 Å². The predicted molar refractivity (Wildman–Crippen MR) is 58.9 cm³/mol. The Hall–Kier alpha value is -0.620. The van der Waals surface area contributed by atoms with E-state index in [1.807, 2.05) is 0 Å². The van der Waals surface area contributed by atoms with Crippen LogP contribution in [0.2, 0.25) is 5.02 Å². The molecule has 1 N–H and O–H groups in total. The lowest BCUT2D eigenvalue weighted by molar-refractivity contribution is 0.453. The number of aromatic nitrogens is 2. The van der Waals surface area contributed by atoms with Crippen molar-refractivity contribution in [1.29, 1.82) is 0 Å². The van der Waals surface area contributed by atoms with Crippen LogP contribution in [0.25, 0.3) is 11.0 Å². The maximum absolute atomic E-state index is 9.08. The maximum atomic E-state index is 9.08. The van der Waals surface area contributed by atoms with Gasteiger partial charge in [0.1, 0.15) is 0 Å². The minimum absolute atomic E-state index is 0.0781. The molecule has 2 rings (SSSR count). The van der Waals surface area contributed by atoms with Crippen LogP contribution in [0.3, 0.4) is 0 Å². The molecule has 0 aliphatic carbocycles. The summed E-state index contributed by atoms with van der Waals surface area (Å²) in [6.45, 7) is 0. The summed E-state index contributed by atoms with van der Waals surface area (Å²) in [5.41, 5.74) is 1.33. The first kappa shape index (κ1) is 8.96. The van der Waals surface area contributed by atoms with E-state index in [0.29, 0.717) is 16.1 Å². The minimum atomic E-state index is -0.0781. The second kappa shape index (κ2) is 3.26. The van der Waals surface area contributed by atoms with Crippen LogP contribution in [0.5, 0.6) is 5.88 Å². The second-order valence-electron chi connectivity index (χ2n) is 2.48. The van der Waals surface area contributed by atoms with Crippen LogP contribution in [0.4, 0.5) is 0 Å². The lowest BCUT2D eigenvalue weighted by Crippen LogP contribution is -1.85. The van der Waals surface area contributed by atoms with Gasteiger partial charge in [-0.15, -0.1) is 0 Å². The van der Waals surface area contributed by atoms with Gasteiger partial charge in [-0.05, 0) is 34.7 Å². The molecular weight excluding hydrogens is 302 g/mol. The van der Waals surface area contributed by atoms with Crippen molar-refractivity contribution in [1.82, 2.24) is 9.97 Å². The fourth-order valence-electron chi connectivity index (χ4n) is 0.998. The molecule has 0 saturated carbocycles. The largest absolute Gasteiger partial charge is 0.492 e. The fraction of sp³-hybridized carbons (Fsp3) is 0. The summed E-state index contributed by atoms with van der Waals surface area (Å²) in [4.78, 5) is 7.89. The molecule has 0 bridgehead atoms. The fourth-order valence-corrected chi connectivity index (χ4v) is 1.61. The van der Waals surface area contributed by atoms with Crippen molar-refractivity contribution in [2.75, 3.05) is 0 Å². The Bertz CT molecular complexity index is 475. The zero-order chi connectivity index (χ0) is 9.42. The van der Waals surface area contributed by atoms with E-state index in [4.69, 9.17) is 16.7 Å². The Morgan fingerprint density at radius 1 is 1.31 bits per heavy atom. The predicted octanol–water partition coefficient (Wildman–Crippen LogP) is 2.59. The number of aromatic hydroxyl groups is 1. The van der Waals surface area contributed by atoms with Gasteiger partial charge < -0.3 is 5.11 Å². The third-order valence-corrected chi connectivity index (χ3v) is 3.10. The molecule has 0 fully saturated rings. The summed E-state index contributed by atoms with van der Waals surface area (Å²) >= 11 is 7.99. The molecule has 0 aliphatic heterocycles. The van der Waals surface area contributed by atoms with Crippen LogP contribution in [-0.2, 0) is 0 Å². The number of rotatable bonds is 0. The SMILES string of the molecule is Oc1cnc2cc(Cl)c(I)cc2n1. The average molecular weight is 306 g/mol. The lowest BCUT2D eigenvalue weighted by atomic mass is 10.3. The third kappa shape index (κ3) is 1.68. The molecule has 13 heavy (non-hydrogen) atoms. The van der Waals surface area contributed by atoms with Crippen molar-refractivity contribution in [2.24, 2.45) is 0 Å². The molecule has 0 radical (unpaired) electrons. The van der Waals surface area contributed by atoms with Gasteiger partial charge in [-0.3, -0.25) is 0 Å². The van der Waals surface area contributed by atoms with Crippen molar-refractivity contribution in [3.8, 4) is 5.88 Å². The first-order chi connectivity index (χ1) is 6.16. The van der Waals surface area contributed by atoms with E-state index < -0.39 is 0 Å². The maximum Gasteiger partial charge on any atom is 0.230 e. The Labute approximate surface area is 92.9 Å². The minimum Gasteiger partial charge on any atom is -0.492 e. The van der Waals surface area contributed by atoms with Crippen LogP contribution in [0, 0.1) is 3.57 Å². The highest BCUT2D eigenvalue weighted by Gasteiger charge is 2.03. The van der Waals surface area contributed by atoms with Crippen LogP contribution >= 0.6 is 34.2 Å². The number of nitrogens with zero attached hydrogens (tertiary/aromatic N) is 2. The monoisotopic (exact) mass is 306 g/mol. The number of benzene rings is 1. The zero-order valence-electron chi connectivity index (χ0n) is 6.33. The van der Waals surface area contributed by atoms with E-state index in [2.05, 4.69) is 32.6 Å². The first-order valence-electron chi connectivity index (χ1n) is 3.47. The van der Waals surface area contributed by atoms with Crippen molar-refractivity contribution in [3.05, 3.63) is 26.9 Å². The quantitative estimate of drug-likeness (QED) is 0.761. The van der Waals surface area contributed by atoms with Crippen molar-refractivity contribution in [3.63, 3.8) is 0 Å². The Morgan fingerprint density at radius 3 is 2.85 bits per heavy atom. The summed E-state index contributed by atoms with van der Waals surface area (Å²) in [6, 6.07) is 3.51. The van der Waals surface area contributed by atoms with Gasteiger partial charge >= 0.3 is 0 Å². The topological polar surface area (TPSA) is 46.0 Å². The summed E-state index contributed by atoms with van der Waals surface area (Å²) in [6.07, 6.45) is 1.30. The van der Waals surface area contributed by atoms with E-state index >= 15 is 0 Å². The van der Waals surface area contributed by atoms with Gasteiger partial charge in [0.15, 0.2) is 0 Å².